The van der Waals surface area contributed by atoms with Crippen molar-refractivity contribution in [3.8, 4) is 11.4 Å². The van der Waals surface area contributed by atoms with E-state index in [1.54, 1.807) is 23.1 Å². The maximum Gasteiger partial charge on any atom is 0.192 e. The highest BCUT2D eigenvalue weighted by atomic mass is 32.2. The van der Waals surface area contributed by atoms with Crippen molar-refractivity contribution >= 4 is 28.7 Å². The van der Waals surface area contributed by atoms with Crippen LogP contribution in [0, 0.1) is 0 Å². The zero-order valence-corrected chi connectivity index (χ0v) is 16.8. The number of thioether (sulfide) groups is 1. The first-order valence-electron chi connectivity index (χ1n) is 8.95. The Hall–Kier alpha value is -2.38. The molecule has 0 aromatic carbocycles. The molecule has 4 aromatic rings. The lowest BCUT2D eigenvalue weighted by atomic mass is 10.2. The van der Waals surface area contributed by atoms with E-state index in [0.29, 0.717) is 6.54 Å². The van der Waals surface area contributed by atoms with E-state index >= 15 is 0 Å². The van der Waals surface area contributed by atoms with Gasteiger partial charge in [-0.1, -0.05) is 37.2 Å². The maximum atomic E-state index is 4.66. The van der Waals surface area contributed by atoms with Gasteiger partial charge < -0.3 is 4.40 Å². The summed E-state index contributed by atoms with van der Waals surface area (Å²) in [4.78, 5) is 6.05. The molecule has 0 unspecified atom stereocenters. The van der Waals surface area contributed by atoms with Crippen molar-refractivity contribution in [3.05, 3.63) is 65.3 Å². The van der Waals surface area contributed by atoms with Gasteiger partial charge in [-0.05, 0) is 24.6 Å². The smallest absolute Gasteiger partial charge is 0.192 e. The van der Waals surface area contributed by atoms with Crippen LogP contribution >= 0.6 is 23.1 Å². The first kappa shape index (κ1) is 18.0. The number of nitrogens with zero attached hydrogens (tertiary/aromatic N) is 5. The molecule has 5 nitrogen and oxygen atoms in total. The van der Waals surface area contributed by atoms with Crippen molar-refractivity contribution in [2.45, 2.75) is 37.2 Å². The Kier molecular flexibility index (Phi) is 5.40. The fourth-order valence-corrected chi connectivity index (χ4v) is 4.77. The summed E-state index contributed by atoms with van der Waals surface area (Å²) in [5.74, 6) is 1.66. The molecule has 0 radical (unpaired) electrons. The highest BCUT2D eigenvalue weighted by Gasteiger charge is 2.15. The molecular formula is C20H21N5S2. The molecule has 0 atom stereocenters. The molecule has 138 valence electrons. The number of allylic oxidation sites excluding steroid dienone is 1. The van der Waals surface area contributed by atoms with Crippen LogP contribution in [-0.4, -0.2) is 24.1 Å². The minimum atomic E-state index is 0.689. The SMILES string of the molecule is C=CCn1c(SCc2cn3ccccc3n2)nnc1-c1csc(CCC)c1. The van der Waals surface area contributed by atoms with E-state index < -0.39 is 0 Å². The molecule has 0 spiro atoms. The molecule has 0 N–H and O–H groups in total. The van der Waals surface area contributed by atoms with Crippen LogP contribution in [0.3, 0.4) is 0 Å². The average molecular weight is 396 g/mol. The van der Waals surface area contributed by atoms with Gasteiger partial charge in [0.1, 0.15) is 5.65 Å². The lowest BCUT2D eigenvalue weighted by molar-refractivity contribution is 0.731. The Morgan fingerprint density at radius 3 is 3.04 bits per heavy atom. The van der Waals surface area contributed by atoms with Gasteiger partial charge in [-0.15, -0.1) is 28.1 Å². The van der Waals surface area contributed by atoms with Crippen molar-refractivity contribution in [1.29, 1.82) is 0 Å². The van der Waals surface area contributed by atoms with E-state index in [1.165, 1.54) is 4.88 Å². The first-order chi connectivity index (χ1) is 13.3. The van der Waals surface area contributed by atoms with Crippen molar-refractivity contribution in [2.24, 2.45) is 0 Å². The van der Waals surface area contributed by atoms with Crippen LogP contribution in [0.2, 0.25) is 0 Å². The summed E-state index contributed by atoms with van der Waals surface area (Å²) in [6, 6.07) is 8.25. The topological polar surface area (TPSA) is 48.0 Å². The fourth-order valence-electron chi connectivity index (χ4n) is 2.97. The highest BCUT2D eigenvalue weighted by molar-refractivity contribution is 7.98. The van der Waals surface area contributed by atoms with Gasteiger partial charge in [-0.25, -0.2) is 4.98 Å². The maximum absolute atomic E-state index is 4.66. The van der Waals surface area contributed by atoms with Crippen LogP contribution in [0.5, 0.6) is 0 Å². The molecule has 4 rings (SSSR count). The summed E-state index contributed by atoms with van der Waals surface area (Å²) >= 11 is 3.45. The van der Waals surface area contributed by atoms with E-state index in [0.717, 1.165) is 46.5 Å². The number of hydrogen-bond donors (Lipinski definition) is 0. The van der Waals surface area contributed by atoms with E-state index in [1.807, 2.05) is 34.9 Å². The Bertz CT molecular complexity index is 1030. The Morgan fingerprint density at radius 2 is 2.22 bits per heavy atom. The summed E-state index contributed by atoms with van der Waals surface area (Å²) in [6.45, 7) is 6.79. The number of fused-ring (bicyclic) bond motifs is 1. The number of rotatable bonds is 8. The molecule has 0 bridgehead atoms. The Balaban J connectivity index is 1.56. The van der Waals surface area contributed by atoms with Crippen molar-refractivity contribution in [2.75, 3.05) is 0 Å². The van der Waals surface area contributed by atoms with Crippen LogP contribution < -0.4 is 0 Å². The lowest BCUT2D eigenvalue weighted by Crippen LogP contribution is -2.00. The summed E-state index contributed by atoms with van der Waals surface area (Å²) in [6.07, 6.45) is 8.23. The molecule has 27 heavy (non-hydrogen) atoms. The molecule has 4 heterocycles. The van der Waals surface area contributed by atoms with Gasteiger partial charge in [0, 0.05) is 40.5 Å². The molecule has 0 amide bonds. The second-order valence-corrected chi connectivity index (χ2v) is 8.18. The summed E-state index contributed by atoms with van der Waals surface area (Å²) in [5, 5.41) is 12.0. The largest absolute Gasteiger partial charge is 0.307 e. The molecule has 0 aliphatic rings. The molecule has 0 saturated heterocycles. The zero-order valence-electron chi connectivity index (χ0n) is 15.2. The third-order valence-electron chi connectivity index (χ3n) is 4.20. The summed E-state index contributed by atoms with van der Waals surface area (Å²) in [5.41, 5.74) is 3.13. The predicted octanol–water partition coefficient (Wildman–Crippen LogP) is 5.09. The number of thiophene rings is 1. The predicted molar refractivity (Wildman–Crippen MR) is 112 cm³/mol. The molecule has 0 aliphatic heterocycles. The third-order valence-corrected chi connectivity index (χ3v) is 6.20. The normalized spacial score (nSPS) is 11.3. The van der Waals surface area contributed by atoms with Gasteiger partial charge in [0.2, 0.25) is 0 Å². The second kappa shape index (κ2) is 8.10. The highest BCUT2D eigenvalue weighted by Crippen LogP contribution is 2.29. The summed E-state index contributed by atoms with van der Waals surface area (Å²) < 4.78 is 4.17. The number of aromatic nitrogens is 5. The van der Waals surface area contributed by atoms with Gasteiger partial charge in [0.25, 0.3) is 0 Å². The quantitative estimate of drug-likeness (QED) is 0.308. The van der Waals surface area contributed by atoms with E-state index in [-0.39, 0.29) is 0 Å². The molecule has 0 saturated carbocycles. The van der Waals surface area contributed by atoms with Crippen LogP contribution in [0.4, 0.5) is 0 Å². The third kappa shape index (κ3) is 3.84. The molecular weight excluding hydrogens is 374 g/mol. The van der Waals surface area contributed by atoms with E-state index in [2.05, 4.69) is 50.9 Å². The van der Waals surface area contributed by atoms with Gasteiger partial charge in [-0.2, -0.15) is 0 Å². The standard InChI is InChI=1S/C20H21N5S2/c1-3-7-17-11-15(13-26-17)19-22-23-20(25(19)9-4-2)27-14-16-12-24-10-6-5-8-18(24)21-16/h4-6,8,10-13H,2-3,7,9,14H2,1H3. The monoisotopic (exact) mass is 395 g/mol. The lowest BCUT2D eigenvalue weighted by Gasteiger charge is -2.06. The van der Waals surface area contributed by atoms with Crippen molar-refractivity contribution < 1.29 is 0 Å². The summed E-state index contributed by atoms with van der Waals surface area (Å²) in [7, 11) is 0. The van der Waals surface area contributed by atoms with Crippen molar-refractivity contribution in [1.82, 2.24) is 24.1 Å². The minimum Gasteiger partial charge on any atom is -0.307 e. The van der Waals surface area contributed by atoms with Gasteiger partial charge >= 0.3 is 0 Å². The molecule has 0 aliphatic carbocycles. The Morgan fingerprint density at radius 1 is 1.30 bits per heavy atom. The van der Waals surface area contributed by atoms with Gasteiger partial charge in [-0.3, -0.25) is 4.57 Å². The average Bonchev–Trinajstić information content (AvgIpc) is 3.38. The Labute approximate surface area is 166 Å². The van der Waals surface area contributed by atoms with E-state index in [4.69, 9.17) is 0 Å². The van der Waals surface area contributed by atoms with Gasteiger partial charge in [0.15, 0.2) is 11.0 Å². The van der Waals surface area contributed by atoms with Crippen LogP contribution in [0.15, 0.2) is 59.9 Å². The van der Waals surface area contributed by atoms with Gasteiger partial charge in [0.05, 0.1) is 5.69 Å². The van der Waals surface area contributed by atoms with Crippen LogP contribution in [0.25, 0.3) is 17.0 Å². The van der Waals surface area contributed by atoms with Crippen molar-refractivity contribution in [3.63, 3.8) is 0 Å². The van der Waals surface area contributed by atoms with Crippen LogP contribution in [0.1, 0.15) is 23.9 Å². The number of pyridine rings is 1. The molecule has 0 fully saturated rings. The first-order valence-corrected chi connectivity index (χ1v) is 10.8. The zero-order chi connectivity index (χ0) is 18.6. The second-order valence-electron chi connectivity index (χ2n) is 6.24. The molecule has 7 heteroatoms. The minimum absolute atomic E-state index is 0.689. The fraction of sp³-hybridized carbons (Fsp3) is 0.250. The van der Waals surface area contributed by atoms with Crippen LogP contribution in [-0.2, 0) is 18.7 Å². The molecule has 4 aromatic heterocycles. The number of aryl methyl sites for hydroxylation is 1. The number of imidazole rings is 1. The number of hydrogen-bond acceptors (Lipinski definition) is 5. The van der Waals surface area contributed by atoms with E-state index in [9.17, 15) is 0 Å².